The number of aromatic nitrogens is 1. The molecule has 3 aromatic rings. The van der Waals surface area contributed by atoms with Crippen LogP contribution in [-0.4, -0.2) is 24.7 Å². The molecule has 1 fully saturated rings. The highest BCUT2D eigenvalue weighted by atomic mass is 35.5. The van der Waals surface area contributed by atoms with Crippen LogP contribution in [0, 0.1) is 0 Å². The van der Waals surface area contributed by atoms with Crippen LogP contribution in [0.4, 0.5) is 5.13 Å². The Balaban J connectivity index is 1.62. The highest BCUT2D eigenvalue weighted by Crippen LogP contribution is 2.33. The van der Waals surface area contributed by atoms with Crippen LogP contribution >= 0.6 is 22.9 Å². The number of morpholine rings is 1. The summed E-state index contributed by atoms with van der Waals surface area (Å²) in [5, 5.41) is 1.82. The lowest BCUT2D eigenvalue weighted by Crippen LogP contribution is -2.38. The van der Waals surface area contributed by atoms with Crippen LogP contribution in [-0.2, 0) is 4.74 Å². The van der Waals surface area contributed by atoms with Crippen LogP contribution in [0.2, 0.25) is 5.02 Å². The fraction of sp³-hybridized carbons (Fsp3) is 0.235. The number of hydrogen-bond acceptors (Lipinski definition) is 4. The van der Waals surface area contributed by atoms with Crippen molar-refractivity contribution in [2.75, 3.05) is 24.6 Å². The van der Waals surface area contributed by atoms with Crippen molar-refractivity contribution < 1.29 is 4.74 Å². The number of fused-ring (bicyclic) bond motifs is 1. The van der Waals surface area contributed by atoms with Crippen molar-refractivity contribution in [1.82, 2.24) is 4.98 Å². The molecule has 5 heteroatoms. The summed E-state index contributed by atoms with van der Waals surface area (Å²) in [6.45, 7) is 2.33. The molecule has 1 aromatic heterocycles. The third-order valence-electron chi connectivity index (χ3n) is 3.87. The highest BCUT2D eigenvalue weighted by Gasteiger charge is 2.25. The first kappa shape index (κ1) is 14.0. The Bertz CT molecular complexity index is 771. The summed E-state index contributed by atoms with van der Waals surface area (Å²) in [6, 6.07) is 16.1. The van der Waals surface area contributed by atoms with Gasteiger partial charge in [-0.3, -0.25) is 0 Å². The second-order valence-electron chi connectivity index (χ2n) is 5.29. The molecule has 0 saturated carbocycles. The van der Waals surface area contributed by atoms with Gasteiger partial charge >= 0.3 is 0 Å². The van der Waals surface area contributed by atoms with Crippen LogP contribution < -0.4 is 4.90 Å². The molecule has 0 N–H and O–H groups in total. The quantitative estimate of drug-likeness (QED) is 0.690. The molecule has 1 saturated heterocycles. The molecule has 3 nitrogen and oxygen atoms in total. The molecular weight excluding hydrogens is 316 g/mol. The topological polar surface area (TPSA) is 25.4 Å². The number of rotatable bonds is 2. The van der Waals surface area contributed by atoms with Crippen LogP contribution in [0.15, 0.2) is 48.5 Å². The first-order valence-corrected chi connectivity index (χ1v) is 8.47. The lowest BCUT2D eigenvalue weighted by atomic mass is 10.1. The minimum atomic E-state index is -0.00513. The van der Waals surface area contributed by atoms with Crippen molar-refractivity contribution in [3.05, 3.63) is 59.1 Å². The van der Waals surface area contributed by atoms with Crippen molar-refractivity contribution in [2.45, 2.75) is 6.10 Å². The van der Waals surface area contributed by atoms with Crippen molar-refractivity contribution in [3.8, 4) is 0 Å². The largest absolute Gasteiger partial charge is 0.370 e. The summed E-state index contributed by atoms with van der Waals surface area (Å²) in [4.78, 5) is 7.04. The summed E-state index contributed by atoms with van der Waals surface area (Å²) < 4.78 is 7.14. The van der Waals surface area contributed by atoms with Gasteiger partial charge in [0.2, 0.25) is 0 Å². The number of para-hydroxylation sites is 1. The van der Waals surface area contributed by atoms with Gasteiger partial charge in [0.05, 0.1) is 23.4 Å². The van der Waals surface area contributed by atoms with E-state index in [1.807, 2.05) is 30.3 Å². The molecule has 22 heavy (non-hydrogen) atoms. The van der Waals surface area contributed by atoms with Gasteiger partial charge in [0.15, 0.2) is 5.13 Å². The van der Waals surface area contributed by atoms with Gasteiger partial charge in [-0.05, 0) is 18.2 Å². The second-order valence-corrected chi connectivity index (χ2v) is 6.71. The molecule has 112 valence electrons. The van der Waals surface area contributed by atoms with E-state index >= 15 is 0 Å². The number of thiazole rings is 1. The normalized spacial score (nSPS) is 18.8. The average molecular weight is 331 g/mol. The summed E-state index contributed by atoms with van der Waals surface area (Å²) in [5.41, 5.74) is 2.11. The zero-order chi connectivity index (χ0) is 14.9. The molecule has 0 aliphatic carbocycles. The standard InChI is InChI=1S/C17H15ClN2OS/c18-13-6-2-1-5-12(13)15-11-20(9-10-21-15)17-19-14-7-3-4-8-16(14)22-17/h1-8,15H,9-11H2. The molecule has 1 atom stereocenters. The molecule has 1 unspecified atom stereocenters. The summed E-state index contributed by atoms with van der Waals surface area (Å²) in [7, 11) is 0. The first-order valence-electron chi connectivity index (χ1n) is 7.28. The third kappa shape index (κ3) is 2.58. The van der Waals surface area contributed by atoms with E-state index in [-0.39, 0.29) is 6.10 Å². The van der Waals surface area contributed by atoms with Crippen molar-refractivity contribution in [3.63, 3.8) is 0 Å². The zero-order valence-electron chi connectivity index (χ0n) is 11.9. The Labute approximate surface area is 138 Å². The second kappa shape index (κ2) is 5.88. The van der Waals surface area contributed by atoms with Gasteiger partial charge < -0.3 is 9.64 Å². The summed E-state index contributed by atoms with van der Waals surface area (Å²) >= 11 is 8.04. The predicted molar refractivity (Wildman–Crippen MR) is 92.0 cm³/mol. The molecule has 0 spiro atoms. The van der Waals surface area contributed by atoms with Gasteiger partial charge in [0.1, 0.15) is 6.10 Å². The zero-order valence-corrected chi connectivity index (χ0v) is 13.5. The van der Waals surface area contributed by atoms with E-state index in [2.05, 4.69) is 23.1 Å². The van der Waals surface area contributed by atoms with Gasteiger partial charge in [-0.25, -0.2) is 4.98 Å². The van der Waals surface area contributed by atoms with Crippen molar-refractivity contribution in [2.24, 2.45) is 0 Å². The average Bonchev–Trinajstić information content (AvgIpc) is 2.99. The minimum absolute atomic E-state index is 0.00513. The molecule has 2 heterocycles. The molecule has 0 amide bonds. The maximum absolute atomic E-state index is 6.30. The minimum Gasteiger partial charge on any atom is -0.370 e. The van der Waals surface area contributed by atoms with Crippen LogP contribution in [0.3, 0.4) is 0 Å². The number of benzene rings is 2. The molecular formula is C17H15ClN2OS. The van der Waals surface area contributed by atoms with Crippen LogP contribution in [0.25, 0.3) is 10.2 Å². The fourth-order valence-corrected chi connectivity index (χ4v) is 4.00. The molecule has 4 rings (SSSR count). The lowest BCUT2D eigenvalue weighted by molar-refractivity contribution is 0.0398. The maximum Gasteiger partial charge on any atom is 0.186 e. The third-order valence-corrected chi connectivity index (χ3v) is 5.31. The van der Waals surface area contributed by atoms with Crippen LogP contribution in [0.5, 0.6) is 0 Å². The Kier molecular flexibility index (Phi) is 3.74. The van der Waals surface area contributed by atoms with E-state index < -0.39 is 0 Å². The fourth-order valence-electron chi connectivity index (χ4n) is 2.74. The van der Waals surface area contributed by atoms with E-state index in [9.17, 15) is 0 Å². The Morgan fingerprint density at radius 2 is 1.95 bits per heavy atom. The number of halogens is 1. The Morgan fingerprint density at radius 3 is 2.82 bits per heavy atom. The first-order chi connectivity index (χ1) is 10.8. The SMILES string of the molecule is Clc1ccccc1C1CN(c2nc3ccccc3s2)CCO1. The molecule has 1 aliphatic rings. The van der Waals surface area contributed by atoms with Crippen molar-refractivity contribution >= 4 is 38.3 Å². The Hall–Kier alpha value is -1.62. The van der Waals surface area contributed by atoms with E-state index in [0.29, 0.717) is 6.61 Å². The smallest absolute Gasteiger partial charge is 0.186 e. The highest BCUT2D eigenvalue weighted by molar-refractivity contribution is 7.22. The van der Waals surface area contributed by atoms with Crippen molar-refractivity contribution in [1.29, 1.82) is 0 Å². The monoisotopic (exact) mass is 330 g/mol. The molecule has 0 bridgehead atoms. The van der Waals surface area contributed by atoms with E-state index in [1.54, 1.807) is 11.3 Å². The number of hydrogen-bond donors (Lipinski definition) is 0. The summed E-state index contributed by atoms with van der Waals surface area (Å²) in [6.07, 6.45) is -0.00513. The predicted octanol–water partition coefficient (Wildman–Crippen LogP) is 4.53. The number of nitrogens with zero attached hydrogens (tertiary/aromatic N) is 2. The summed E-state index contributed by atoms with van der Waals surface area (Å²) in [5.74, 6) is 0. The van der Waals surface area contributed by atoms with Gasteiger partial charge in [0, 0.05) is 17.1 Å². The van der Waals surface area contributed by atoms with Gasteiger partial charge in [-0.15, -0.1) is 0 Å². The Morgan fingerprint density at radius 1 is 1.14 bits per heavy atom. The molecule has 0 radical (unpaired) electrons. The number of anilines is 1. The van der Waals surface area contributed by atoms with Gasteiger partial charge in [-0.1, -0.05) is 53.3 Å². The van der Waals surface area contributed by atoms with E-state index in [4.69, 9.17) is 21.3 Å². The number of ether oxygens (including phenoxy) is 1. The van der Waals surface area contributed by atoms with E-state index in [0.717, 1.165) is 34.3 Å². The van der Waals surface area contributed by atoms with Crippen LogP contribution in [0.1, 0.15) is 11.7 Å². The van der Waals surface area contributed by atoms with Gasteiger partial charge in [-0.2, -0.15) is 0 Å². The van der Waals surface area contributed by atoms with Gasteiger partial charge in [0.25, 0.3) is 0 Å². The van der Waals surface area contributed by atoms with E-state index in [1.165, 1.54) is 4.70 Å². The molecule has 2 aromatic carbocycles. The lowest BCUT2D eigenvalue weighted by Gasteiger charge is -2.33. The molecule has 1 aliphatic heterocycles. The maximum atomic E-state index is 6.30.